The summed E-state index contributed by atoms with van der Waals surface area (Å²) >= 11 is 0. The second-order valence-electron chi connectivity index (χ2n) is 5.58. The first-order chi connectivity index (χ1) is 6.95. The molecule has 14 heavy (non-hydrogen) atoms. The molecule has 3 fully saturated rings. The van der Waals surface area contributed by atoms with Crippen LogP contribution in [0.15, 0.2) is 0 Å². The SMILES string of the molecule is C1CC[C@@H]2[C@H](C1)CC[C@@H]1CCCCN12. The van der Waals surface area contributed by atoms with Gasteiger partial charge in [0, 0.05) is 12.1 Å². The van der Waals surface area contributed by atoms with Gasteiger partial charge < -0.3 is 0 Å². The van der Waals surface area contributed by atoms with Crippen LogP contribution in [-0.4, -0.2) is 23.5 Å². The summed E-state index contributed by atoms with van der Waals surface area (Å²) in [7, 11) is 0. The maximum absolute atomic E-state index is 2.90. The third kappa shape index (κ3) is 1.50. The van der Waals surface area contributed by atoms with Crippen molar-refractivity contribution in [3.05, 3.63) is 0 Å². The average molecular weight is 193 g/mol. The molecule has 0 amide bonds. The lowest BCUT2D eigenvalue weighted by Crippen LogP contribution is -2.53. The van der Waals surface area contributed by atoms with Gasteiger partial charge in [-0.3, -0.25) is 4.90 Å². The molecule has 0 aromatic rings. The van der Waals surface area contributed by atoms with Crippen molar-refractivity contribution < 1.29 is 0 Å². The second kappa shape index (κ2) is 3.84. The average Bonchev–Trinajstić information content (AvgIpc) is 2.29. The van der Waals surface area contributed by atoms with Crippen LogP contribution in [0.2, 0.25) is 0 Å². The Kier molecular flexibility index (Phi) is 2.53. The Balaban J connectivity index is 1.74. The maximum atomic E-state index is 2.90. The molecule has 2 saturated heterocycles. The highest BCUT2D eigenvalue weighted by molar-refractivity contribution is 4.93. The van der Waals surface area contributed by atoms with Crippen LogP contribution in [0.5, 0.6) is 0 Å². The van der Waals surface area contributed by atoms with Crippen LogP contribution in [0.1, 0.15) is 57.8 Å². The van der Waals surface area contributed by atoms with Crippen LogP contribution in [0.3, 0.4) is 0 Å². The molecule has 3 rings (SSSR count). The molecule has 1 heteroatoms. The van der Waals surface area contributed by atoms with E-state index in [0.29, 0.717) is 0 Å². The van der Waals surface area contributed by atoms with Gasteiger partial charge >= 0.3 is 0 Å². The summed E-state index contributed by atoms with van der Waals surface area (Å²) in [4.78, 5) is 2.90. The van der Waals surface area contributed by atoms with Gasteiger partial charge in [-0.25, -0.2) is 0 Å². The lowest BCUT2D eigenvalue weighted by Gasteiger charge is -2.50. The van der Waals surface area contributed by atoms with E-state index in [0.717, 1.165) is 18.0 Å². The van der Waals surface area contributed by atoms with Gasteiger partial charge in [0.05, 0.1) is 0 Å². The Morgan fingerprint density at radius 2 is 1.57 bits per heavy atom. The van der Waals surface area contributed by atoms with Crippen molar-refractivity contribution in [3.63, 3.8) is 0 Å². The topological polar surface area (TPSA) is 3.24 Å². The third-order valence-electron chi connectivity index (χ3n) is 4.84. The molecule has 1 aliphatic carbocycles. The van der Waals surface area contributed by atoms with Gasteiger partial charge in [0.25, 0.3) is 0 Å². The normalized spacial score (nSPS) is 44.1. The van der Waals surface area contributed by atoms with Crippen molar-refractivity contribution in [1.29, 1.82) is 0 Å². The molecule has 3 atom stereocenters. The van der Waals surface area contributed by atoms with Crippen molar-refractivity contribution in [2.45, 2.75) is 69.9 Å². The molecular weight excluding hydrogens is 170 g/mol. The summed E-state index contributed by atoms with van der Waals surface area (Å²) in [5, 5.41) is 0. The number of piperidine rings is 2. The molecule has 80 valence electrons. The Bertz CT molecular complexity index is 179. The molecule has 2 aliphatic heterocycles. The Morgan fingerprint density at radius 1 is 0.714 bits per heavy atom. The first-order valence-corrected chi connectivity index (χ1v) is 6.71. The zero-order chi connectivity index (χ0) is 9.38. The Morgan fingerprint density at radius 3 is 2.57 bits per heavy atom. The van der Waals surface area contributed by atoms with Crippen LogP contribution >= 0.6 is 0 Å². The number of rotatable bonds is 0. The summed E-state index contributed by atoms with van der Waals surface area (Å²) in [5.74, 6) is 1.08. The zero-order valence-corrected chi connectivity index (χ0v) is 9.25. The highest BCUT2D eigenvalue weighted by Gasteiger charge is 2.38. The minimum absolute atomic E-state index is 0.989. The van der Waals surface area contributed by atoms with E-state index in [1.165, 1.54) is 57.9 Å². The molecule has 0 unspecified atom stereocenters. The van der Waals surface area contributed by atoms with Crippen LogP contribution in [-0.2, 0) is 0 Å². The largest absolute Gasteiger partial charge is 0.297 e. The summed E-state index contributed by atoms with van der Waals surface area (Å²) < 4.78 is 0. The first kappa shape index (κ1) is 9.21. The summed E-state index contributed by atoms with van der Waals surface area (Å²) in [6.07, 6.45) is 13.6. The highest BCUT2D eigenvalue weighted by atomic mass is 15.2. The quantitative estimate of drug-likeness (QED) is 0.571. The number of hydrogen-bond donors (Lipinski definition) is 0. The van der Waals surface area contributed by atoms with E-state index in [-0.39, 0.29) is 0 Å². The fourth-order valence-corrected chi connectivity index (χ4v) is 4.14. The third-order valence-corrected chi connectivity index (χ3v) is 4.84. The van der Waals surface area contributed by atoms with Crippen LogP contribution < -0.4 is 0 Å². The van der Waals surface area contributed by atoms with E-state index in [1.54, 1.807) is 6.42 Å². The van der Waals surface area contributed by atoms with Gasteiger partial charge in [0.15, 0.2) is 0 Å². The van der Waals surface area contributed by atoms with Crippen LogP contribution in [0.4, 0.5) is 0 Å². The molecular formula is C13H23N. The summed E-state index contributed by atoms with van der Waals surface area (Å²) in [6, 6.07) is 1.99. The van der Waals surface area contributed by atoms with Crippen molar-refractivity contribution in [2.75, 3.05) is 6.54 Å². The minimum atomic E-state index is 0.989. The standard InChI is InChI=1S/C13H23N/c1-2-7-13-11(5-1)8-9-12-6-3-4-10-14(12)13/h11-13H,1-10H2/t11-,12+,13-/m1/s1. The van der Waals surface area contributed by atoms with Crippen molar-refractivity contribution in [3.8, 4) is 0 Å². The predicted octanol–water partition coefficient (Wildman–Crippen LogP) is 3.19. The van der Waals surface area contributed by atoms with Gasteiger partial charge in [-0.2, -0.15) is 0 Å². The van der Waals surface area contributed by atoms with E-state index < -0.39 is 0 Å². The van der Waals surface area contributed by atoms with Crippen LogP contribution in [0.25, 0.3) is 0 Å². The van der Waals surface area contributed by atoms with Gasteiger partial charge in [0.1, 0.15) is 0 Å². The van der Waals surface area contributed by atoms with E-state index in [9.17, 15) is 0 Å². The van der Waals surface area contributed by atoms with Gasteiger partial charge in [0.2, 0.25) is 0 Å². The monoisotopic (exact) mass is 193 g/mol. The van der Waals surface area contributed by atoms with E-state index in [1.807, 2.05) is 0 Å². The maximum Gasteiger partial charge on any atom is 0.0126 e. The smallest absolute Gasteiger partial charge is 0.0126 e. The molecule has 0 N–H and O–H groups in total. The van der Waals surface area contributed by atoms with Gasteiger partial charge in [-0.05, 0) is 51.0 Å². The summed E-state index contributed by atoms with van der Waals surface area (Å²) in [5.41, 5.74) is 0. The molecule has 2 heterocycles. The predicted molar refractivity (Wildman–Crippen MR) is 59.3 cm³/mol. The van der Waals surface area contributed by atoms with Gasteiger partial charge in [-0.1, -0.05) is 19.3 Å². The lowest BCUT2D eigenvalue weighted by molar-refractivity contribution is -0.00527. The zero-order valence-electron chi connectivity index (χ0n) is 9.25. The molecule has 0 aromatic carbocycles. The fraction of sp³-hybridized carbons (Fsp3) is 1.00. The minimum Gasteiger partial charge on any atom is -0.297 e. The number of nitrogens with zero attached hydrogens (tertiary/aromatic N) is 1. The number of fused-ring (bicyclic) bond motifs is 3. The summed E-state index contributed by atoms with van der Waals surface area (Å²) in [6.45, 7) is 1.42. The van der Waals surface area contributed by atoms with Crippen molar-refractivity contribution >= 4 is 0 Å². The van der Waals surface area contributed by atoms with Crippen molar-refractivity contribution in [2.24, 2.45) is 5.92 Å². The fourth-order valence-electron chi connectivity index (χ4n) is 4.14. The Hall–Kier alpha value is -0.0400. The molecule has 0 aromatic heterocycles. The van der Waals surface area contributed by atoms with Crippen molar-refractivity contribution in [1.82, 2.24) is 4.90 Å². The number of hydrogen-bond acceptors (Lipinski definition) is 1. The van der Waals surface area contributed by atoms with Crippen LogP contribution in [0, 0.1) is 5.92 Å². The van der Waals surface area contributed by atoms with E-state index in [2.05, 4.69) is 4.90 Å². The second-order valence-corrected chi connectivity index (χ2v) is 5.58. The molecule has 0 spiro atoms. The lowest BCUT2D eigenvalue weighted by atomic mass is 9.74. The van der Waals surface area contributed by atoms with E-state index >= 15 is 0 Å². The van der Waals surface area contributed by atoms with Gasteiger partial charge in [-0.15, -0.1) is 0 Å². The Labute approximate surface area is 87.9 Å². The first-order valence-electron chi connectivity index (χ1n) is 6.71. The molecule has 0 radical (unpaired) electrons. The molecule has 3 aliphatic rings. The molecule has 1 nitrogen and oxygen atoms in total. The molecule has 0 bridgehead atoms. The molecule has 1 saturated carbocycles. The highest BCUT2D eigenvalue weighted by Crippen LogP contribution is 2.40. The van der Waals surface area contributed by atoms with E-state index in [4.69, 9.17) is 0 Å².